The molecule has 19 heavy (non-hydrogen) atoms. The van der Waals surface area contributed by atoms with Crippen LogP contribution in [0.5, 0.6) is 0 Å². The molecule has 0 bridgehead atoms. The van der Waals surface area contributed by atoms with E-state index in [1.165, 1.54) is 0 Å². The van der Waals surface area contributed by atoms with Crippen molar-refractivity contribution in [2.24, 2.45) is 5.73 Å². The van der Waals surface area contributed by atoms with Gasteiger partial charge >= 0.3 is 0 Å². The largest absolute Gasteiger partial charge is 0.361 e. The van der Waals surface area contributed by atoms with Gasteiger partial charge in [0.2, 0.25) is 5.91 Å². The molecule has 0 radical (unpaired) electrons. The molecule has 1 aromatic carbocycles. The number of carbonyl (C=O) groups excluding carboxylic acids is 1. The summed E-state index contributed by atoms with van der Waals surface area (Å²) in [5.74, 6) is -0.113. The first kappa shape index (κ1) is 13.6. The van der Waals surface area contributed by atoms with E-state index in [9.17, 15) is 4.79 Å². The summed E-state index contributed by atoms with van der Waals surface area (Å²) >= 11 is 0. The molecule has 0 aliphatic carbocycles. The van der Waals surface area contributed by atoms with Gasteiger partial charge in [0.1, 0.15) is 0 Å². The van der Waals surface area contributed by atoms with Crippen molar-refractivity contribution in [1.29, 1.82) is 0 Å². The summed E-state index contributed by atoms with van der Waals surface area (Å²) in [4.78, 5) is 15.2. The Morgan fingerprint density at radius 1 is 1.37 bits per heavy atom. The highest BCUT2D eigenvalue weighted by molar-refractivity contribution is 5.86. The fourth-order valence-corrected chi connectivity index (χ4v) is 2.09. The highest BCUT2D eigenvalue weighted by Crippen LogP contribution is 2.18. The molecule has 4 heteroatoms. The van der Waals surface area contributed by atoms with Gasteiger partial charge in [0, 0.05) is 22.6 Å². The van der Waals surface area contributed by atoms with Gasteiger partial charge in [0.15, 0.2) is 0 Å². The summed E-state index contributed by atoms with van der Waals surface area (Å²) in [5, 5.41) is 4.03. The molecule has 1 heterocycles. The molecule has 0 unspecified atom stereocenters. The molecule has 0 aliphatic heterocycles. The Bertz CT molecular complexity index is 580. The van der Waals surface area contributed by atoms with Gasteiger partial charge in [0.05, 0.1) is 6.04 Å². The summed E-state index contributed by atoms with van der Waals surface area (Å²) in [6.07, 6.45) is 2.46. The van der Waals surface area contributed by atoms with Crippen LogP contribution in [-0.4, -0.2) is 22.5 Å². The van der Waals surface area contributed by atoms with Crippen LogP contribution < -0.4 is 11.1 Å². The highest BCUT2D eigenvalue weighted by Gasteiger charge is 2.20. The van der Waals surface area contributed by atoms with Crippen molar-refractivity contribution >= 4 is 16.8 Å². The number of aromatic nitrogens is 1. The molecule has 0 fully saturated rings. The molecule has 0 aliphatic rings. The van der Waals surface area contributed by atoms with Crippen LogP contribution in [0, 0.1) is 0 Å². The Labute approximate surface area is 113 Å². The lowest BCUT2D eigenvalue weighted by atomic mass is 10.0. The molecule has 1 amide bonds. The van der Waals surface area contributed by atoms with Crippen molar-refractivity contribution in [2.45, 2.75) is 38.8 Å². The van der Waals surface area contributed by atoms with Gasteiger partial charge in [0.25, 0.3) is 0 Å². The second-order valence-corrected chi connectivity index (χ2v) is 5.91. The van der Waals surface area contributed by atoms with E-state index in [2.05, 4.69) is 10.3 Å². The maximum absolute atomic E-state index is 12.0. The molecular formula is C15H21N3O. The molecule has 0 saturated carbocycles. The Hall–Kier alpha value is -1.81. The topological polar surface area (TPSA) is 70.9 Å². The predicted molar refractivity (Wildman–Crippen MR) is 77.9 cm³/mol. The number of H-pyrrole nitrogens is 1. The zero-order chi connectivity index (χ0) is 14.0. The van der Waals surface area contributed by atoms with Gasteiger partial charge in [-0.25, -0.2) is 0 Å². The molecule has 1 atom stereocenters. The Morgan fingerprint density at radius 3 is 2.74 bits per heavy atom. The van der Waals surface area contributed by atoms with Crippen molar-refractivity contribution in [3.8, 4) is 0 Å². The second kappa shape index (κ2) is 5.05. The average Bonchev–Trinajstić information content (AvgIpc) is 2.70. The number of nitrogens with one attached hydrogen (secondary N) is 2. The molecule has 0 spiro atoms. The van der Waals surface area contributed by atoms with Crippen molar-refractivity contribution < 1.29 is 4.79 Å². The van der Waals surface area contributed by atoms with E-state index in [4.69, 9.17) is 5.73 Å². The summed E-state index contributed by atoms with van der Waals surface area (Å²) in [6.45, 7) is 5.84. The molecular weight excluding hydrogens is 238 g/mol. The molecule has 4 N–H and O–H groups in total. The number of carbonyl (C=O) groups is 1. The van der Waals surface area contributed by atoms with Crippen LogP contribution in [0.15, 0.2) is 30.5 Å². The smallest absolute Gasteiger partial charge is 0.237 e. The minimum Gasteiger partial charge on any atom is -0.361 e. The van der Waals surface area contributed by atoms with E-state index in [1.807, 2.05) is 51.2 Å². The van der Waals surface area contributed by atoms with Gasteiger partial charge in [-0.2, -0.15) is 0 Å². The SMILES string of the molecule is CC(C)(C)NC(=O)[C@H](N)Cc1c[nH]c2ccccc12. The number of amides is 1. The summed E-state index contributed by atoms with van der Waals surface area (Å²) in [6, 6.07) is 7.49. The zero-order valence-corrected chi connectivity index (χ0v) is 11.7. The van der Waals surface area contributed by atoms with Crippen LogP contribution in [0.1, 0.15) is 26.3 Å². The van der Waals surface area contributed by atoms with E-state index in [-0.39, 0.29) is 11.4 Å². The fourth-order valence-electron chi connectivity index (χ4n) is 2.09. The quantitative estimate of drug-likeness (QED) is 0.788. The summed E-state index contributed by atoms with van der Waals surface area (Å²) < 4.78 is 0. The van der Waals surface area contributed by atoms with E-state index >= 15 is 0 Å². The summed E-state index contributed by atoms with van der Waals surface area (Å²) in [5.41, 5.74) is 7.87. The van der Waals surface area contributed by atoms with Crippen LogP contribution in [0.4, 0.5) is 0 Å². The minimum absolute atomic E-state index is 0.113. The third-order valence-electron chi connectivity index (χ3n) is 2.95. The number of nitrogens with two attached hydrogens (primary N) is 1. The lowest BCUT2D eigenvalue weighted by molar-refractivity contribution is -0.123. The van der Waals surface area contributed by atoms with Crippen molar-refractivity contribution in [3.63, 3.8) is 0 Å². The fraction of sp³-hybridized carbons (Fsp3) is 0.400. The molecule has 2 aromatic rings. The van der Waals surface area contributed by atoms with E-state index < -0.39 is 6.04 Å². The number of hydrogen-bond acceptors (Lipinski definition) is 2. The first-order valence-corrected chi connectivity index (χ1v) is 6.49. The van der Waals surface area contributed by atoms with Crippen LogP contribution in [-0.2, 0) is 11.2 Å². The third kappa shape index (κ3) is 3.35. The normalized spacial score (nSPS) is 13.5. The number of fused-ring (bicyclic) bond motifs is 1. The summed E-state index contributed by atoms with van der Waals surface area (Å²) in [7, 11) is 0. The zero-order valence-electron chi connectivity index (χ0n) is 11.7. The van der Waals surface area contributed by atoms with Crippen LogP contribution >= 0.6 is 0 Å². The Morgan fingerprint density at radius 2 is 2.05 bits per heavy atom. The number of hydrogen-bond donors (Lipinski definition) is 3. The van der Waals surface area contributed by atoms with Gasteiger partial charge in [-0.1, -0.05) is 18.2 Å². The van der Waals surface area contributed by atoms with Gasteiger partial charge < -0.3 is 16.0 Å². The second-order valence-electron chi connectivity index (χ2n) is 5.91. The maximum Gasteiger partial charge on any atom is 0.237 e. The molecule has 4 nitrogen and oxygen atoms in total. The highest BCUT2D eigenvalue weighted by atomic mass is 16.2. The number of benzene rings is 1. The molecule has 0 saturated heterocycles. The number of para-hydroxylation sites is 1. The van der Waals surface area contributed by atoms with Crippen LogP contribution in [0.2, 0.25) is 0 Å². The van der Waals surface area contributed by atoms with E-state index in [1.54, 1.807) is 0 Å². The molecule has 1 aromatic heterocycles. The van der Waals surface area contributed by atoms with E-state index in [0.717, 1.165) is 16.5 Å². The molecule has 102 valence electrons. The van der Waals surface area contributed by atoms with Crippen molar-refractivity contribution in [1.82, 2.24) is 10.3 Å². The van der Waals surface area contributed by atoms with Crippen molar-refractivity contribution in [2.75, 3.05) is 0 Å². The minimum atomic E-state index is -0.529. The maximum atomic E-state index is 12.0. The monoisotopic (exact) mass is 259 g/mol. The average molecular weight is 259 g/mol. The Balaban J connectivity index is 2.10. The third-order valence-corrected chi connectivity index (χ3v) is 2.95. The van der Waals surface area contributed by atoms with Crippen LogP contribution in [0.25, 0.3) is 10.9 Å². The molecule has 2 rings (SSSR count). The first-order valence-electron chi connectivity index (χ1n) is 6.49. The lowest BCUT2D eigenvalue weighted by Crippen LogP contribution is -2.49. The van der Waals surface area contributed by atoms with Crippen LogP contribution in [0.3, 0.4) is 0 Å². The van der Waals surface area contributed by atoms with Gasteiger partial charge in [-0.3, -0.25) is 4.79 Å². The number of aromatic amines is 1. The Kier molecular flexibility index (Phi) is 3.62. The standard InChI is InChI=1S/C15H21N3O/c1-15(2,3)18-14(19)12(16)8-10-9-17-13-7-5-4-6-11(10)13/h4-7,9,12,17H,8,16H2,1-3H3,(H,18,19)/t12-/m1/s1. The first-order chi connectivity index (χ1) is 8.87. The number of rotatable bonds is 3. The van der Waals surface area contributed by atoms with E-state index in [0.29, 0.717) is 6.42 Å². The van der Waals surface area contributed by atoms with Gasteiger partial charge in [-0.05, 0) is 38.8 Å². The predicted octanol–water partition coefficient (Wildman–Crippen LogP) is 1.95. The van der Waals surface area contributed by atoms with Gasteiger partial charge in [-0.15, -0.1) is 0 Å². The lowest BCUT2D eigenvalue weighted by Gasteiger charge is -2.23. The van der Waals surface area contributed by atoms with Crippen molar-refractivity contribution in [3.05, 3.63) is 36.0 Å².